The van der Waals surface area contributed by atoms with Crippen LogP contribution in [0.15, 0.2) is 60.0 Å². The molecule has 3 aromatic rings. The average Bonchev–Trinajstić information content (AvgIpc) is 3.18. The van der Waals surface area contributed by atoms with Crippen molar-refractivity contribution >= 4 is 33.9 Å². The molecule has 1 N–H and O–H groups in total. The van der Waals surface area contributed by atoms with Gasteiger partial charge in [0, 0.05) is 28.5 Å². The van der Waals surface area contributed by atoms with E-state index >= 15 is 0 Å². The second-order valence-corrected chi connectivity index (χ2v) is 8.76. The summed E-state index contributed by atoms with van der Waals surface area (Å²) >= 11 is 1.22. The van der Waals surface area contributed by atoms with Crippen LogP contribution in [0.25, 0.3) is 11.1 Å². The number of hydrogen-bond donors (Lipinski definition) is 1. The van der Waals surface area contributed by atoms with E-state index in [1.807, 2.05) is 44.2 Å². The normalized spacial score (nSPS) is 11.1. The lowest BCUT2D eigenvalue weighted by molar-refractivity contribution is -0.384. The Kier molecular flexibility index (Phi) is 7.05. The van der Waals surface area contributed by atoms with E-state index < -0.39 is 16.3 Å². The maximum absolute atomic E-state index is 13.1. The van der Waals surface area contributed by atoms with Gasteiger partial charge in [0.1, 0.15) is 10.6 Å². The van der Waals surface area contributed by atoms with Crippen molar-refractivity contribution in [2.24, 2.45) is 5.41 Å². The summed E-state index contributed by atoms with van der Waals surface area (Å²) in [5, 5.41) is 16.0. The Morgan fingerprint density at radius 3 is 2.34 bits per heavy atom. The fourth-order valence-corrected chi connectivity index (χ4v) is 4.24. The molecule has 0 bridgehead atoms. The second-order valence-electron chi connectivity index (χ2n) is 7.88. The number of thiophene rings is 1. The Hall–Kier alpha value is -3.52. The number of anilines is 1. The van der Waals surface area contributed by atoms with E-state index in [-0.39, 0.29) is 23.8 Å². The van der Waals surface area contributed by atoms with Gasteiger partial charge in [-0.05, 0) is 36.6 Å². The van der Waals surface area contributed by atoms with Crippen LogP contribution in [-0.2, 0) is 16.0 Å². The van der Waals surface area contributed by atoms with Gasteiger partial charge in [-0.25, -0.2) is 4.79 Å². The monoisotopic (exact) mass is 452 g/mol. The molecule has 0 spiro atoms. The van der Waals surface area contributed by atoms with Crippen LogP contribution in [0.1, 0.15) is 36.7 Å². The first kappa shape index (κ1) is 23.1. The first-order chi connectivity index (χ1) is 15.2. The van der Waals surface area contributed by atoms with E-state index in [1.165, 1.54) is 23.5 Å². The lowest BCUT2D eigenvalue weighted by Crippen LogP contribution is -2.33. The molecule has 0 aliphatic heterocycles. The van der Waals surface area contributed by atoms with Crippen molar-refractivity contribution in [3.05, 3.63) is 81.2 Å². The van der Waals surface area contributed by atoms with Crippen molar-refractivity contribution in [2.75, 3.05) is 11.9 Å². The number of nitrogens with one attached hydrogen (secondary N) is 1. The molecule has 0 fully saturated rings. The van der Waals surface area contributed by atoms with Crippen molar-refractivity contribution in [2.45, 2.75) is 27.2 Å². The van der Waals surface area contributed by atoms with Gasteiger partial charge in [-0.1, -0.05) is 44.2 Å². The van der Waals surface area contributed by atoms with Crippen LogP contribution < -0.4 is 5.32 Å². The van der Waals surface area contributed by atoms with Gasteiger partial charge in [-0.2, -0.15) is 0 Å². The molecule has 0 saturated carbocycles. The Morgan fingerprint density at radius 2 is 1.75 bits per heavy atom. The molecule has 0 unspecified atom stereocenters. The molecule has 3 rings (SSSR count). The van der Waals surface area contributed by atoms with Gasteiger partial charge < -0.3 is 10.1 Å². The smallest absolute Gasteiger partial charge is 0.341 e. The molecular weight excluding hydrogens is 428 g/mol. The van der Waals surface area contributed by atoms with Crippen molar-refractivity contribution < 1.29 is 19.2 Å². The molecular formula is C24H24N2O5S. The minimum atomic E-state index is -0.717. The number of benzene rings is 2. The molecule has 0 radical (unpaired) electrons. The molecule has 0 atom stereocenters. The highest BCUT2D eigenvalue weighted by Crippen LogP contribution is 2.38. The SMILES string of the molecule is CCOC(=O)c1c(-c2ccc([N+](=O)[O-])cc2)csc1NC(=O)C(C)(C)Cc1ccccc1. The maximum Gasteiger partial charge on any atom is 0.341 e. The zero-order chi connectivity index (χ0) is 23.3. The summed E-state index contributed by atoms with van der Waals surface area (Å²) in [6, 6.07) is 15.6. The van der Waals surface area contributed by atoms with Crippen molar-refractivity contribution in [1.29, 1.82) is 0 Å². The van der Waals surface area contributed by atoms with Crippen LogP contribution in [-0.4, -0.2) is 23.4 Å². The number of nitro groups is 1. The van der Waals surface area contributed by atoms with Gasteiger partial charge in [-0.3, -0.25) is 14.9 Å². The van der Waals surface area contributed by atoms with Gasteiger partial charge >= 0.3 is 5.97 Å². The van der Waals surface area contributed by atoms with Gasteiger partial charge in [0.25, 0.3) is 5.69 Å². The van der Waals surface area contributed by atoms with Crippen LogP contribution in [0.4, 0.5) is 10.7 Å². The fourth-order valence-electron chi connectivity index (χ4n) is 3.29. The number of hydrogen-bond acceptors (Lipinski definition) is 6. The van der Waals surface area contributed by atoms with Crippen LogP contribution >= 0.6 is 11.3 Å². The predicted molar refractivity (Wildman–Crippen MR) is 125 cm³/mol. The maximum atomic E-state index is 13.1. The summed E-state index contributed by atoms with van der Waals surface area (Å²) < 4.78 is 5.22. The number of nitrogens with zero attached hydrogens (tertiary/aromatic N) is 1. The second kappa shape index (κ2) is 9.74. The first-order valence-corrected chi connectivity index (χ1v) is 11.0. The molecule has 1 amide bonds. The van der Waals surface area contributed by atoms with E-state index in [9.17, 15) is 19.7 Å². The van der Waals surface area contributed by atoms with Crippen molar-refractivity contribution in [3.8, 4) is 11.1 Å². The predicted octanol–water partition coefficient (Wildman–Crippen LogP) is 5.71. The Bertz CT molecular complexity index is 1120. The summed E-state index contributed by atoms with van der Waals surface area (Å²) in [5.74, 6) is -0.776. The third-order valence-corrected chi connectivity index (χ3v) is 5.89. The van der Waals surface area contributed by atoms with E-state index in [1.54, 1.807) is 24.4 Å². The molecule has 8 heteroatoms. The van der Waals surface area contributed by atoms with Crippen LogP contribution in [0.5, 0.6) is 0 Å². The number of nitro benzene ring substituents is 1. The van der Waals surface area contributed by atoms with Gasteiger partial charge in [-0.15, -0.1) is 11.3 Å². The molecule has 1 aromatic heterocycles. The number of amides is 1. The number of rotatable bonds is 8. The summed E-state index contributed by atoms with van der Waals surface area (Å²) in [6.45, 7) is 5.59. The summed E-state index contributed by atoms with van der Waals surface area (Å²) in [7, 11) is 0. The number of esters is 1. The van der Waals surface area contributed by atoms with Gasteiger partial charge in [0.2, 0.25) is 5.91 Å². The number of ether oxygens (including phenoxy) is 1. The molecule has 166 valence electrons. The number of carbonyl (C=O) groups is 2. The summed E-state index contributed by atoms with van der Waals surface area (Å²) in [4.78, 5) is 36.3. The number of non-ortho nitro benzene ring substituents is 1. The molecule has 0 aliphatic rings. The average molecular weight is 453 g/mol. The highest BCUT2D eigenvalue weighted by atomic mass is 32.1. The summed E-state index contributed by atoms with van der Waals surface area (Å²) in [6.07, 6.45) is 0.537. The highest BCUT2D eigenvalue weighted by molar-refractivity contribution is 7.15. The third-order valence-electron chi connectivity index (χ3n) is 4.99. The zero-order valence-electron chi connectivity index (χ0n) is 18.1. The largest absolute Gasteiger partial charge is 0.462 e. The van der Waals surface area contributed by atoms with Crippen LogP contribution in [0.2, 0.25) is 0 Å². The first-order valence-electron chi connectivity index (χ1n) is 10.1. The molecule has 1 heterocycles. The molecule has 0 aliphatic carbocycles. The Balaban J connectivity index is 1.91. The van der Waals surface area contributed by atoms with Crippen LogP contribution in [0.3, 0.4) is 0 Å². The highest BCUT2D eigenvalue weighted by Gasteiger charge is 2.31. The van der Waals surface area contributed by atoms with Crippen molar-refractivity contribution in [1.82, 2.24) is 0 Å². The standard InChI is InChI=1S/C24H24N2O5S/c1-4-31-22(27)20-19(17-10-12-18(13-11-17)26(29)30)15-32-21(20)25-23(28)24(2,3)14-16-8-6-5-7-9-16/h5-13,15H,4,14H2,1-3H3,(H,25,28). The van der Waals surface area contributed by atoms with Crippen molar-refractivity contribution in [3.63, 3.8) is 0 Å². The van der Waals surface area contributed by atoms with Gasteiger partial charge in [0.15, 0.2) is 0 Å². The zero-order valence-corrected chi connectivity index (χ0v) is 18.9. The molecule has 32 heavy (non-hydrogen) atoms. The number of carbonyl (C=O) groups excluding carboxylic acids is 2. The summed E-state index contributed by atoms with van der Waals surface area (Å²) in [5.41, 5.74) is 1.70. The fraction of sp³-hybridized carbons (Fsp3) is 0.250. The van der Waals surface area contributed by atoms with Gasteiger partial charge in [0.05, 0.1) is 11.5 Å². The van der Waals surface area contributed by atoms with E-state index in [0.717, 1.165) is 5.56 Å². The molecule has 7 nitrogen and oxygen atoms in total. The molecule has 2 aromatic carbocycles. The minimum Gasteiger partial charge on any atom is -0.462 e. The van der Waals surface area contributed by atoms with Crippen LogP contribution in [0, 0.1) is 15.5 Å². The van der Waals surface area contributed by atoms with E-state index in [0.29, 0.717) is 22.5 Å². The minimum absolute atomic E-state index is 0.0437. The quantitative estimate of drug-likeness (QED) is 0.268. The topological polar surface area (TPSA) is 98.5 Å². The lowest BCUT2D eigenvalue weighted by Gasteiger charge is -2.23. The Labute approximate surface area is 190 Å². The van der Waals surface area contributed by atoms with E-state index in [4.69, 9.17) is 4.74 Å². The Morgan fingerprint density at radius 1 is 1.09 bits per heavy atom. The third kappa shape index (κ3) is 5.20. The lowest BCUT2D eigenvalue weighted by atomic mass is 9.85. The molecule has 0 saturated heterocycles. The van der Waals surface area contributed by atoms with E-state index in [2.05, 4.69) is 5.32 Å².